The predicted molar refractivity (Wildman–Crippen MR) is 41.9 cm³/mol. The second-order valence-electron chi connectivity index (χ2n) is 1.86. The standard InChI is InChI=1S/C7H8O3S/c1-2-10-7(9)6-5(8)3-4-11-6/h3-4,8H,2H2,1H3. The molecule has 0 radical (unpaired) electrons. The van der Waals surface area contributed by atoms with Crippen molar-refractivity contribution in [1.82, 2.24) is 0 Å². The van der Waals surface area contributed by atoms with Crippen molar-refractivity contribution in [3.05, 3.63) is 16.3 Å². The van der Waals surface area contributed by atoms with Crippen LogP contribution in [-0.4, -0.2) is 17.7 Å². The van der Waals surface area contributed by atoms with Gasteiger partial charge in [0.2, 0.25) is 0 Å². The Hall–Kier alpha value is -1.03. The molecule has 0 spiro atoms. The van der Waals surface area contributed by atoms with Crippen LogP contribution in [0.2, 0.25) is 0 Å². The maximum atomic E-state index is 11.0. The number of thiophene rings is 1. The highest BCUT2D eigenvalue weighted by molar-refractivity contribution is 7.12. The molecule has 0 fully saturated rings. The van der Waals surface area contributed by atoms with Gasteiger partial charge in [0.15, 0.2) is 4.88 Å². The molecule has 0 bridgehead atoms. The number of rotatable bonds is 2. The van der Waals surface area contributed by atoms with Crippen LogP contribution in [0.25, 0.3) is 0 Å². The first-order valence-electron chi connectivity index (χ1n) is 3.19. The Labute approximate surface area is 68.2 Å². The summed E-state index contributed by atoms with van der Waals surface area (Å²) in [5, 5.41) is 10.7. The summed E-state index contributed by atoms with van der Waals surface area (Å²) in [4.78, 5) is 11.2. The first-order valence-corrected chi connectivity index (χ1v) is 4.07. The van der Waals surface area contributed by atoms with Crippen molar-refractivity contribution in [3.63, 3.8) is 0 Å². The Bertz CT molecular complexity index is 254. The molecular formula is C7H8O3S. The van der Waals surface area contributed by atoms with Gasteiger partial charge >= 0.3 is 5.97 Å². The largest absolute Gasteiger partial charge is 0.506 e. The lowest BCUT2D eigenvalue weighted by molar-refractivity contribution is 0.0529. The molecule has 4 heteroatoms. The lowest BCUT2D eigenvalue weighted by Gasteiger charge is -1.97. The van der Waals surface area contributed by atoms with E-state index >= 15 is 0 Å². The van der Waals surface area contributed by atoms with Crippen molar-refractivity contribution < 1.29 is 14.6 Å². The summed E-state index contributed by atoms with van der Waals surface area (Å²) >= 11 is 1.17. The fourth-order valence-corrected chi connectivity index (χ4v) is 1.33. The molecular weight excluding hydrogens is 164 g/mol. The topological polar surface area (TPSA) is 46.5 Å². The van der Waals surface area contributed by atoms with Gasteiger partial charge in [0.25, 0.3) is 0 Å². The number of carbonyl (C=O) groups excluding carboxylic acids is 1. The van der Waals surface area contributed by atoms with Crippen molar-refractivity contribution in [2.75, 3.05) is 6.61 Å². The Morgan fingerprint density at radius 3 is 3.00 bits per heavy atom. The van der Waals surface area contributed by atoms with Crippen molar-refractivity contribution in [2.24, 2.45) is 0 Å². The molecule has 60 valence electrons. The molecule has 0 aromatic carbocycles. The number of aromatic hydroxyl groups is 1. The average Bonchev–Trinajstić information content (AvgIpc) is 2.36. The number of hydrogen-bond donors (Lipinski definition) is 1. The summed E-state index contributed by atoms with van der Waals surface area (Å²) in [7, 11) is 0. The molecule has 0 saturated heterocycles. The van der Waals surface area contributed by atoms with Crippen LogP contribution in [0, 0.1) is 0 Å². The van der Waals surface area contributed by atoms with E-state index in [1.807, 2.05) is 0 Å². The summed E-state index contributed by atoms with van der Waals surface area (Å²) in [6.45, 7) is 2.05. The number of carbonyl (C=O) groups is 1. The van der Waals surface area contributed by atoms with Gasteiger partial charge in [-0.05, 0) is 18.4 Å². The number of esters is 1. The number of hydrogen-bond acceptors (Lipinski definition) is 4. The Balaban J connectivity index is 2.76. The van der Waals surface area contributed by atoms with E-state index in [4.69, 9.17) is 5.11 Å². The monoisotopic (exact) mass is 172 g/mol. The fraction of sp³-hybridized carbons (Fsp3) is 0.286. The molecule has 0 aliphatic heterocycles. The van der Waals surface area contributed by atoms with Gasteiger partial charge < -0.3 is 9.84 Å². The van der Waals surface area contributed by atoms with Crippen molar-refractivity contribution in [2.45, 2.75) is 6.92 Å². The SMILES string of the molecule is CCOC(=O)c1sccc1O. The number of ether oxygens (including phenoxy) is 1. The maximum absolute atomic E-state index is 11.0. The summed E-state index contributed by atoms with van der Waals surface area (Å²) < 4.78 is 4.68. The van der Waals surface area contributed by atoms with E-state index in [-0.39, 0.29) is 10.6 Å². The minimum atomic E-state index is -0.458. The smallest absolute Gasteiger partial charge is 0.352 e. The van der Waals surface area contributed by atoms with Crippen molar-refractivity contribution in [3.8, 4) is 5.75 Å². The molecule has 0 amide bonds. The highest BCUT2D eigenvalue weighted by atomic mass is 32.1. The van der Waals surface area contributed by atoms with Crippen LogP contribution in [0.4, 0.5) is 0 Å². The van der Waals surface area contributed by atoms with E-state index in [0.717, 1.165) is 0 Å². The first kappa shape index (κ1) is 8.07. The van der Waals surface area contributed by atoms with Gasteiger partial charge in [0.1, 0.15) is 5.75 Å². The molecule has 1 aromatic rings. The van der Waals surface area contributed by atoms with Gasteiger partial charge in [-0.25, -0.2) is 4.79 Å². The summed E-state index contributed by atoms with van der Waals surface area (Å²) in [5.74, 6) is -0.464. The van der Waals surface area contributed by atoms with Gasteiger partial charge in [-0.3, -0.25) is 0 Å². The molecule has 0 atom stereocenters. The third-order valence-electron chi connectivity index (χ3n) is 1.11. The molecule has 0 saturated carbocycles. The van der Waals surface area contributed by atoms with Crippen LogP contribution in [0.3, 0.4) is 0 Å². The Kier molecular flexibility index (Phi) is 2.48. The minimum absolute atomic E-state index is 0.00606. The van der Waals surface area contributed by atoms with E-state index in [1.165, 1.54) is 17.4 Å². The second-order valence-corrected chi connectivity index (χ2v) is 2.77. The van der Waals surface area contributed by atoms with Gasteiger partial charge in [0, 0.05) is 0 Å². The fourth-order valence-electron chi connectivity index (χ4n) is 0.652. The van der Waals surface area contributed by atoms with Gasteiger partial charge in [-0.2, -0.15) is 0 Å². The highest BCUT2D eigenvalue weighted by Crippen LogP contribution is 2.23. The molecule has 1 rings (SSSR count). The van der Waals surface area contributed by atoms with E-state index < -0.39 is 5.97 Å². The summed E-state index contributed by atoms with van der Waals surface area (Å²) in [6, 6.07) is 1.47. The normalized spacial score (nSPS) is 9.55. The van der Waals surface area contributed by atoms with Crippen LogP contribution in [-0.2, 0) is 4.74 Å². The molecule has 1 N–H and O–H groups in total. The van der Waals surface area contributed by atoms with Crippen LogP contribution >= 0.6 is 11.3 Å². The molecule has 0 unspecified atom stereocenters. The lowest BCUT2D eigenvalue weighted by atomic mass is 10.4. The van der Waals surface area contributed by atoms with Crippen LogP contribution < -0.4 is 0 Å². The van der Waals surface area contributed by atoms with Crippen molar-refractivity contribution >= 4 is 17.3 Å². The van der Waals surface area contributed by atoms with E-state index in [2.05, 4.69) is 4.74 Å². The second kappa shape index (κ2) is 3.39. The molecule has 3 nitrogen and oxygen atoms in total. The van der Waals surface area contributed by atoms with E-state index in [9.17, 15) is 4.79 Å². The Morgan fingerprint density at radius 1 is 1.82 bits per heavy atom. The zero-order valence-electron chi connectivity index (χ0n) is 6.03. The van der Waals surface area contributed by atoms with Gasteiger partial charge in [-0.15, -0.1) is 11.3 Å². The third-order valence-corrected chi connectivity index (χ3v) is 1.99. The lowest BCUT2D eigenvalue weighted by Crippen LogP contribution is -2.01. The maximum Gasteiger partial charge on any atom is 0.352 e. The Morgan fingerprint density at radius 2 is 2.55 bits per heavy atom. The third kappa shape index (κ3) is 1.71. The minimum Gasteiger partial charge on any atom is -0.506 e. The van der Waals surface area contributed by atoms with Crippen LogP contribution in [0.15, 0.2) is 11.4 Å². The van der Waals surface area contributed by atoms with Crippen LogP contribution in [0.5, 0.6) is 5.75 Å². The van der Waals surface area contributed by atoms with Gasteiger partial charge in [-0.1, -0.05) is 0 Å². The molecule has 1 heterocycles. The van der Waals surface area contributed by atoms with E-state index in [1.54, 1.807) is 12.3 Å². The molecule has 0 aliphatic carbocycles. The summed E-state index contributed by atoms with van der Waals surface area (Å²) in [6.07, 6.45) is 0. The molecule has 11 heavy (non-hydrogen) atoms. The first-order chi connectivity index (χ1) is 5.25. The zero-order chi connectivity index (χ0) is 8.27. The average molecular weight is 172 g/mol. The quantitative estimate of drug-likeness (QED) is 0.689. The molecule has 1 aromatic heterocycles. The predicted octanol–water partition coefficient (Wildman–Crippen LogP) is 1.63. The molecule has 0 aliphatic rings. The van der Waals surface area contributed by atoms with E-state index in [0.29, 0.717) is 6.61 Å². The highest BCUT2D eigenvalue weighted by Gasteiger charge is 2.12. The van der Waals surface area contributed by atoms with Crippen molar-refractivity contribution in [1.29, 1.82) is 0 Å². The zero-order valence-corrected chi connectivity index (χ0v) is 6.85. The van der Waals surface area contributed by atoms with Gasteiger partial charge in [0.05, 0.1) is 6.61 Å². The van der Waals surface area contributed by atoms with Crippen LogP contribution in [0.1, 0.15) is 16.6 Å². The summed E-state index contributed by atoms with van der Waals surface area (Å²) in [5.41, 5.74) is 0.